The molecule has 3 aromatic heterocycles. The summed E-state index contributed by atoms with van der Waals surface area (Å²) >= 11 is 1.61. The number of anilines is 1. The lowest BCUT2D eigenvalue weighted by atomic mass is 9.97. The summed E-state index contributed by atoms with van der Waals surface area (Å²) in [5, 5.41) is 3.16. The number of carbonyl (C=O) groups excluding carboxylic acids is 1. The van der Waals surface area contributed by atoms with E-state index < -0.39 is 0 Å². The Morgan fingerprint density at radius 3 is 2.70 bits per heavy atom. The van der Waals surface area contributed by atoms with Crippen molar-refractivity contribution in [3.63, 3.8) is 0 Å². The second kappa shape index (κ2) is 7.84. The molecule has 1 aliphatic rings. The van der Waals surface area contributed by atoms with Crippen LogP contribution >= 0.6 is 11.3 Å². The second-order valence-electron chi connectivity index (χ2n) is 7.47. The number of pyridine rings is 1. The number of primary amides is 1. The van der Waals surface area contributed by atoms with E-state index in [1.165, 1.54) is 0 Å². The number of piperidine rings is 1. The van der Waals surface area contributed by atoms with Gasteiger partial charge in [-0.2, -0.15) is 0 Å². The van der Waals surface area contributed by atoms with E-state index in [1.807, 2.05) is 36.4 Å². The number of aromatic nitrogens is 3. The van der Waals surface area contributed by atoms with Crippen LogP contribution in [-0.4, -0.2) is 33.9 Å². The quantitative estimate of drug-likeness (QED) is 0.542. The molecule has 1 amide bonds. The van der Waals surface area contributed by atoms with Crippen LogP contribution in [0.4, 0.5) is 5.82 Å². The molecule has 1 fully saturated rings. The van der Waals surface area contributed by atoms with Crippen molar-refractivity contribution in [1.82, 2.24) is 15.0 Å². The van der Waals surface area contributed by atoms with E-state index in [-0.39, 0.29) is 11.8 Å². The van der Waals surface area contributed by atoms with Gasteiger partial charge in [-0.3, -0.25) is 9.78 Å². The SMILES string of the molecule is NC(=O)[C@H]1CCCN(c2nc(-c3ccccn3)nc3scc(-c4ccccc4)c23)C1. The summed E-state index contributed by atoms with van der Waals surface area (Å²) in [6, 6.07) is 16.0. The monoisotopic (exact) mass is 415 g/mol. The Kier molecular flexibility index (Phi) is 4.88. The molecular formula is C23H21N5OS. The molecule has 7 heteroatoms. The van der Waals surface area contributed by atoms with Crippen LogP contribution in [0.25, 0.3) is 32.9 Å². The van der Waals surface area contributed by atoms with Gasteiger partial charge in [-0.05, 0) is 30.5 Å². The lowest BCUT2D eigenvalue weighted by Crippen LogP contribution is -2.41. The molecule has 30 heavy (non-hydrogen) atoms. The van der Waals surface area contributed by atoms with Crippen LogP contribution in [0.15, 0.2) is 60.1 Å². The van der Waals surface area contributed by atoms with Crippen molar-refractivity contribution in [2.75, 3.05) is 18.0 Å². The number of benzene rings is 1. The predicted molar refractivity (Wildman–Crippen MR) is 120 cm³/mol. The summed E-state index contributed by atoms with van der Waals surface area (Å²) in [6.45, 7) is 1.41. The number of thiophene rings is 1. The molecule has 4 aromatic rings. The van der Waals surface area contributed by atoms with Crippen LogP contribution in [0.5, 0.6) is 0 Å². The summed E-state index contributed by atoms with van der Waals surface area (Å²) in [6.07, 6.45) is 3.47. The van der Waals surface area contributed by atoms with Gasteiger partial charge in [-0.1, -0.05) is 36.4 Å². The second-order valence-corrected chi connectivity index (χ2v) is 8.33. The molecule has 1 aliphatic heterocycles. The Hall–Kier alpha value is -3.32. The van der Waals surface area contributed by atoms with Gasteiger partial charge in [0.2, 0.25) is 5.91 Å². The summed E-state index contributed by atoms with van der Waals surface area (Å²) in [4.78, 5) is 29.2. The third kappa shape index (κ3) is 3.41. The minimum atomic E-state index is -0.247. The summed E-state index contributed by atoms with van der Waals surface area (Å²) in [5.74, 6) is 1.04. The number of carbonyl (C=O) groups is 1. The van der Waals surface area contributed by atoms with E-state index in [9.17, 15) is 4.79 Å². The number of hydrogen-bond donors (Lipinski definition) is 1. The maximum Gasteiger partial charge on any atom is 0.222 e. The first-order valence-corrected chi connectivity index (χ1v) is 10.9. The number of amides is 1. The lowest BCUT2D eigenvalue weighted by molar-refractivity contribution is -0.122. The van der Waals surface area contributed by atoms with Crippen molar-refractivity contribution < 1.29 is 4.79 Å². The van der Waals surface area contributed by atoms with Crippen LogP contribution in [0.1, 0.15) is 12.8 Å². The van der Waals surface area contributed by atoms with Gasteiger partial charge in [0, 0.05) is 30.2 Å². The predicted octanol–water partition coefficient (Wildman–Crippen LogP) is 4.12. The van der Waals surface area contributed by atoms with Gasteiger partial charge >= 0.3 is 0 Å². The topological polar surface area (TPSA) is 85.0 Å². The Bertz CT molecular complexity index is 1190. The van der Waals surface area contributed by atoms with E-state index >= 15 is 0 Å². The van der Waals surface area contributed by atoms with Crippen LogP contribution in [0, 0.1) is 5.92 Å². The van der Waals surface area contributed by atoms with E-state index in [0.29, 0.717) is 12.4 Å². The largest absolute Gasteiger partial charge is 0.369 e. The minimum absolute atomic E-state index is 0.166. The Morgan fingerprint density at radius 2 is 1.93 bits per heavy atom. The average molecular weight is 416 g/mol. The minimum Gasteiger partial charge on any atom is -0.369 e. The number of fused-ring (bicyclic) bond motifs is 1. The maximum atomic E-state index is 11.9. The van der Waals surface area contributed by atoms with Crippen molar-refractivity contribution in [3.05, 3.63) is 60.1 Å². The van der Waals surface area contributed by atoms with E-state index in [1.54, 1.807) is 17.5 Å². The van der Waals surface area contributed by atoms with Gasteiger partial charge < -0.3 is 10.6 Å². The Morgan fingerprint density at radius 1 is 1.10 bits per heavy atom. The van der Waals surface area contributed by atoms with Crippen molar-refractivity contribution in [2.45, 2.75) is 12.8 Å². The van der Waals surface area contributed by atoms with Gasteiger partial charge in [0.25, 0.3) is 0 Å². The Balaban J connectivity index is 1.70. The molecule has 1 saturated heterocycles. The molecular weight excluding hydrogens is 394 g/mol. The van der Waals surface area contributed by atoms with Crippen molar-refractivity contribution >= 4 is 33.3 Å². The van der Waals surface area contributed by atoms with Crippen LogP contribution in [0.2, 0.25) is 0 Å². The molecule has 0 spiro atoms. The molecule has 0 unspecified atom stereocenters. The highest BCUT2D eigenvalue weighted by Gasteiger charge is 2.28. The molecule has 0 saturated carbocycles. The first-order valence-electron chi connectivity index (χ1n) is 10.0. The fourth-order valence-corrected chi connectivity index (χ4v) is 4.94. The fourth-order valence-electron chi connectivity index (χ4n) is 3.99. The molecule has 2 N–H and O–H groups in total. The zero-order valence-electron chi connectivity index (χ0n) is 16.4. The number of nitrogens with zero attached hydrogens (tertiary/aromatic N) is 4. The van der Waals surface area contributed by atoms with Crippen LogP contribution in [0.3, 0.4) is 0 Å². The summed E-state index contributed by atoms with van der Waals surface area (Å²) in [5.41, 5.74) is 8.61. The van der Waals surface area contributed by atoms with Crippen molar-refractivity contribution in [3.8, 4) is 22.6 Å². The smallest absolute Gasteiger partial charge is 0.222 e. The van der Waals surface area contributed by atoms with Gasteiger partial charge in [0.15, 0.2) is 5.82 Å². The summed E-state index contributed by atoms with van der Waals surface area (Å²) < 4.78 is 0. The molecule has 5 rings (SSSR count). The highest BCUT2D eigenvalue weighted by molar-refractivity contribution is 7.17. The van der Waals surface area contributed by atoms with E-state index in [2.05, 4.69) is 27.4 Å². The zero-order valence-corrected chi connectivity index (χ0v) is 17.2. The van der Waals surface area contributed by atoms with Crippen LogP contribution < -0.4 is 10.6 Å². The molecule has 1 atom stereocenters. The van der Waals surface area contributed by atoms with Crippen molar-refractivity contribution in [2.24, 2.45) is 11.7 Å². The zero-order chi connectivity index (χ0) is 20.5. The van der Waals surface area contributed by atoms with Crippen LogP contribution in [-0.2, 0) is 4.79 Å². The maximum absolute atomic E-state index is 11.9. The first-order chi connectivity index (χ1) is 14.7. The molecule has 6 nitrogen and oxygen atoms in total. The van der Waals surface area contributed by atoms with Gasteiger partial charge in [-0.15, -0.1) is 11.3 Å². The molecule has 0 radical (unpaired) electrons. The lowest BCUT2D eigenvalue weighted by Gasteiger charge is -2.32. The highest BCUT2D eigenvalue weighted by atomic mass is 32.1. The van der Waals surface area contributed by atoms with Gasteiger partial charge in [0.05, 0.1) is 11.3 Å². The first kappa shape index (κ1) is 18.7. The van der Waals surface area contributed by atoms with E-state index in [4.69, 9.17) is 15.7 Å². The van der Waals surface area contributed by atoms with Crippen molar-refractivity contribution in [1.29, 1.82) is 0 Å². The summed E-state index contributed by atoms with van der Waals surface area (Å²) in [7, 11) is 0. The fraction of sp³-hybridized carbons (Fsp3) is 0.217. The average Bonchev–Trinajstić information content (AvgIpc) is 3.24. The number of nitrogens with two attached hydrogens (primary N) is 1. The Labute approximate surface area is 178 Å². The highest BCUT2D eigenvalue weighted by Crippen LogP contribution is 2.40. The third-order valence-electron chi connectivity index (χ3n) is 5.52. The third-order valence-corrected chi connectivity index (χ3v) is 6.39. The molecule has 150 valence electrons. The number of hydrogen-bond acceptors (Lipinski definition) is 6. The molecule has 0 aliphatic carbocycles. The molecule has 0 bridgehead atoms. The number of rotatable bonds is 4. The van der Waals surface area contributed by atoms with Gasteiger partial charge in [-0.25, -0.2) is 9.97 Å². The normalized spacial score (nSPS) is 16.7. The molecule has 1 aromatic carbocycles. The van der Waals surface area contributed by atoms with Gasteiger partial charge in [0.1, 0.15) is 16.3 Å². The van der Waals surface area contributed by atoms with E-state index in [0.717, 1.165) is 52.2 Å². The molecule has 4 heterocycles. The standard InChI is InChI=1S/C23H21N5OS/c24-20(29)16-9-6-12-28(13-16)22-19-17(15-7-2-1-3-8-15)14-30-23(19)27-21(26-22)18-10-4-5-11-25-18/h1-5,7-8,10-11,14,16H,6,9,12-13H2,(H2,24,29)/t16-/m0/s1.